The van der Waals surface area contributed by atoms with Gasteiger partial charge in [-0.05, 0) is 5.70 Å². The Bertz CT molecular complexity index is 91.1. The molecule has 0 unspecified atom stereocenters. The molecule has 0 aliphatic rings. The van der Waals surface area contributed by atoms with Crippen molar-refractivity contribution in [1.29, 1.82) is 0 Å². The summed E-state index contributed by atoms with van der Waals surface area (Å²) in [5.74, 6) is 0. The maximum atomic E-state index is 12.4. The predicted octanol–water partition coefficient (Wildman–Crippen LogP) is 2.89. The molecule has 0 saturated carbocycles. The summed E-state index contributed by atoms with van der Waals surface area (Å²) in [4.78, 5) is 0. The molecule has 54 valence electrons. The van der Waals surface area contributed by atoms with Gasteiger partial charge in [-0.1, -0.05) is 19.8 Å². The molecule has 3 heteroatoms. The van der Waals surface area contributed by atoms with Gasteiger partial charge in [-0.25, -0.2) is 0 Å². The summed E-state index contributed by atoms with van der Waals surface area (Å²) in [6.45, 7) is 5.01. The monoisotopic (exact) mass is 150 g/mol. The van der Waals surface area contributed by atoms with Crippen molar-refractivity contribution >= 4 is 8.74 Å². The largest absolute Gasteiger partial charge is 0.448 e. The fraction of sp³-hybridized carbons (Fsp3) is 0.667. The van der Waals surface area contributed by atoms with E-state index in [-0.39, 0.29) is 6.04 Å². The Kier molecular flexibility index (Phi) is 3.69. The lowest BCUT2D eigenvalue weighted by Gasteiger charge is -2.04. The van der Waals surface area contributed by atoms with Gasteiger partial charge >= 0.3 is 8.74 Å². The zero-order chi connectivity index (χ0) is 7.33. The molecule has 0 nitrogen and oxygen atoms in total. The van der Waals surface area contributed by atoms with Crippen LogP contribution in [0, 0.1) is 0 Å². The van der Waals surface area contributed by atoms with Gasteiger partial charge in [0, 0.05) is 6.04 Å². The summed E-state index contributed by atoms with van der Waals surface area (Å²) in [7, 11) is -3.93. The van der Waals surface area contributed by atoms with E-state index in [9.17, 15) is 8.22 Å². The first-order chi connectivity index (χ1) is 4.12. The Morgan fingerprint density at radius 1 is 1.56 bits per heavy atom. The number of halogens is 2. The Labute approximate surface area is 55.9 Å². The number of rotatable bonds is 4. The first kappa shape index (κ1) is 8.82. The Balaban J connectivity index is 3.45. The van der Waals surface area contributed by atoms with Crippen molar-refractivity contribution < 1.29 is 8.22 Å². The van der Waals surface area contributed by atoms with Crippen LogP contribution in [0.1, 0.15) is 19.8 Å². The summed E-state index contributed by atoms with van der Waals surface area (Å²) in [6.07, 6.45) is 1.47. The molecule has 0 rings (SSSR count). The van der Waals surface area contributed by atoms with E-state index >= 15 is 0 Å². The number of unbranched alkanes of at least 4 members (excludes halogenated alkanes) is 1. The highest BCUT2D eigenvalue weighted by Gasteiger charge is 2.29. The zero-order valence-corrected chi connectivity index (χ0v) is 6.66. The fourth-order valence-corrected chi connectivity index (χ4v) is 1.54. The van der Waals surface area contributed by atoms with Crippen LogP contribution in [0.25, 0.3) is 0 Å². The first-order valence-corrected chi connectivity index (χ1v) is 5.18. The zero-order valence-electron chi connectivity index (χ0n) is 5.66. The molecule has 0 amide bonds. The molecular weight excluding hydrogens is 138 g/mol. The Morgan fingerprint density at radius 2 is 2.11 bits per heavy atom. The summed E-state index contributed by atoms with van der Waals surface area (Å²) in [5, 5.41) is 0. The summed E-state index contributed by atoms with van der Waals surface area (Å²) in [5.41, 5.74) is 0.850. The molecule has 0 N–H and O–H groups in total. The molecule has 0 atom stereocenters. The maximum Gasteiger partial charge on any atom is 0.448 e. The van der Waals surface area contributed by atoms with E-state index in [1.165, 1.54) is 0 Å². The Hall–Kier alpha value is -0.183. The van der Waals surface area contributed by atoms with Crippen molar-refractivity contribution in [2.45, 2.75) is 25.8 Å². The fourth-order valence-electron chi connectivity index (χ4n) is 0.515. The molecule has 0 aromatic rings. The number of hydrogen-bond donors (Lipinski definition) is 0. The average molecular weight is 150 g/mol. The normalized spacial score (nSPS) is 11.4. The third-order valence-corrected chi connectivity index (χ3v) is 2.78. The van der Waals surface area contributed by atoms with Gasteiger partial charge in [0.15, 0.2) is 0 Å². The van der Waals surface area contributed by atoms with E-state index < -0.39 is 8.74 Å². The van der Waals surface area contributed by atoms with Gasteiger partial charge in [0.25, 0.3) is 0 Å². The average Bonchev–Trinajstić information content (AvgIpc) is 1.84. The van der Waals surface area contributed by atoms with Crippen molar-refractivity contribution in [1.82, 2.24) is 0 Å². The van der Waals surface area contributed by atoms with Gasteiger partial charge in [-0.15, -0.1) is 6.58 Å². The van der Waals surface area contributed by atoms with Gasteiger partial charge < -0.3 is 0 Å². The molecule has 0 bridgehead atoms. The van der Waals surface area contributed by atoms with E-state index in [2.05, 4.69) is 6.58 Å². The second kappa shape index (κ2) is 3.77. The molecule has 0 radical (unpaired) electrons. The second-order valence-corrected chi connectivity index (χ2v) is 4.50. The van der Waals surface area contributed by atoms with Crippen LogP contribution in [0.2, 0.25) is 6.04 Å². The lowest BCUT2D eigenvalue weighted by molar-refractivity contribution is 0.606. The van der Waals surface area contributed by atoms with Crippen molar-refractivity contribution in [2.24, 2.45) is 0 Å². The smallest absolute Gasteiger partial charge is 0.265 e. The molecule has 0 aliphatic heterocycles. The Morgan fingerprint density at radius 3 is 2.44 bits per heavy atom. The molecule has 0 aromatic carbocycles. The summed E-state index contributed by atoms with van der Waals surface area (Å²) >= 11 is 0. The molecule has 0 spiro atoms. The van der Waals surface area contributed by atoms with Crippen molar-refractivity contribution in [2.75, 3.05) is 0 Å². The minimum atomic E-state index is -3.93. The number of hydrogen-bond acceptors (Lipinski definition) is 0. The third kappa shape index (κ3) is 4.33. The van der Waals surface area contributed by atoms with Gasteiger partial charge in [-0.2, -0.15) is 0 Å². The van der Waals surface area contributed by atoms with Crippen LogP contribution in [-0.2, 0) is 0 Å². The van der Waals surface area contributed by atoms with E-state index in [1.807, 2.05) is 6.92 Å². The predicted molar refractivity (Wildman–Crippen MR) is 37.9 cm³/mol. The summed E-state index contributed by atoms with van der Waals surface area (Å²) in [6, 6.07) is 0.0764. The van der Waals surface area contributed by atoms with Crippen molar-refractivity contribution in [3.8, 4) is 0 Å². The SMILES string of the molecule is C=C[Si](F)(F)CCCC. The lowest BCUT2D eigenvalue weighted by atomic mass is 10.4. The van der Waals surface area contributed by atoms with Gasteiger partial charge in [0.05, 0.1) is 0 Å². The molecule has 0 fully saturated rings. The van der Waals surface area contributed by atoms with Crippen LogP contribution in [0.4, 0.5) is 8.22 Å². The highest BCUT2D eigenvalue weighted by atomic mass is 28.4. The van der Waals surface area contributed by atoms with Crippen molar-refractivity contribution in [3.05, 3.63) is 12.3 Å². The van der Waals surface area contributed by atoms with Crippen LogP contribution in [0.15, 0.2) is 12.3 Å². The molecule has 9 heavy (non-hydrogen) atoms. The minimum absolute atomic E-state index is 0.0764. The van der Waals surface area contributed by atoms with E-state index in [0.717, 1.165) is 12.1 Å². The highest BCUT2D eigenvalue weighted by molar-refractivity contribution is 6.71. The van der Waals surface area contributed by atoms with Gasteiger partial charge in [0.2, 0.25) is 0 Å². The highest BCUT2D eigenvalue weighted by Crippen LogP contribution is 2.17. The maximum absolute atomic E-state index is 12.4. The van der Waals surface area contributed by atoms with E-state index in [1.54, 1.807) is 0 Å². The van der Waals surface area contributed by atoms with Crippen LogP contribution in [0.5, 0.6) is 0 Å². The standard InChI is InChI=1S/C6H12F2Si/c1-3-5-6-9(7,8)4-2/h4H,2-3,5-6H2,1H3. The molecule has 0 aromatic heterocycles. The van der Waals surface area contributed by atoms with Crippen LogP contribution >= 0.6 is 0 Å². The van der Waals surface area contributed by atoms with Crippen LogP contribution in [-0.4, -0.2) is 8.74 Å². The van der Waals surface area contributed by atoms with Crippen molar-refractivity contribution in [3.63, 3.8) is 0 Å². The molecular formula is C6H12F2Si. The summed E-state index contributed by atoms with van der Waals surface area (Å²) < 4.78 is 24.7. The van der Waals surface area contributed by atoms with Crippen LogP contribution in [0.3, 0.4) is 0 Å². The van der Waals surface area contributed by atoms with E-state index in [4.69, 9.17) is 0 Å². The minimum Gasteiger partial charge on any atom is -0.265 e. The van der Waals surface area contributed by atoms with Crippen LogP contribution < -0.4 is 0 Å². The van der Waals surface area contributed by atoms with Gasteiger partial charge in [0.1, 0.15) is 0 Å². The molecule has 0 heterocycles. The van der Waals surface area contributed by atoms with E-state index in [0.29, 0.717) is 6.42 Å². The third-order valence-electron chi connectivity index (χ3n) is 1.16. The first-order valence-electron chi connectivity index (χ1n) is 3.14. The van der Waals surface area contributed by atoms with Gasteiger partial charge in [-0.3, -0.25) is 8.22 Å². The second-order valence-electron chi connectivity index (χ2n) is 2.07. The quantitative estimate of drug-likeness (QED) is 0.427. The lowest BCUT2D eigenvalue weighted by Crippen LogP contribution is -2.17. The molecule has 0 saturated heterocycles. The molecule has 0 aliphatic carbocycles. The topological polar surface area (TPSA) is 0 Å².